The summed E-state index contributed by atoms with van der Waals surface area (Å²) in [6, 6.07) is 13.3. The Morgan fingerprint density at radius 1 is 0.973 bits per heavy atom. The van der Waals surface area contributed by atoms with E-state index in [1.165, 1.54) is 16.7 Å². The molecule has 0 unspecified atom stereocenters. The van der Waals surface area contributed by atoms with E-state index in [4.69, 9.17) is 9.47 Å². The second-order valence-corrected chi connectivity index (χ2v) is 10.7. The summed E-state index contributed by atoms with van der Waals surface area (Å²) in [5, 5.41) is 11.0. The van der Waals surface area contributed by atoms with Crippen molar-refractivity contribution < 1.29 is 19.4 Å². The van der Waals surface area contributed by atoms with E-state index in [0.29, 0.717) is 13.0 Å². The van der Waals surface area contributed by atoms with E-state index >= 15 is 0 Å². The molecule has 0 aliphatic carbocycles. The molecular weight excluding hydrogens is 460 g/mol. The molecule has 1 atom stereocenters. The Labute approximate surface area is 224 Å². The van der Waals surface area contributed by atoms with Crippen LogP contribution >= 0.6 is 0 Å². The predicted molar refractivity (Wildman–Crippen MR) is 152 cm³/mol. The van der Waals surface area contributed by atoms with Gasteiger partial charge in [-0.1, -0.05) is 83.0 Å². The largest absolute Gasteiger partial charge is 0.489 e. The van der Waals surface area contributed by atoms with Crippen molar-refractivity contribution in [2.24, 2.45) is 0 Å². The zero-order valence-electron chi connectivity index (χ0n) is 23.7. The topological polar surface area (TPSA) is 55.8 Å². The van der Waals surface area contributed by atoms with Gasteiger partial charge in [0.05, 0.1) is 5.60 Å². The van der Waals surface area contributed by atoms with Crippen LogP contribution in [0.3, 0.4) is 0 Å². The highest BCUT2D eigenvalue weighted by Crippen LogP contribution is 2.41. The summed E-state index contributed by atoms with van der Waals surface area (Å²) < 4.78 is 11.3. The molecule has 1 aliphatic rings. The highest BCUT2D eigenvalue weighted by Gasteiger charge is 2.32. The molecule has 4 nitrogen and oxygen atoms in total. The number of benzene rings is 2. The molecule has 1 N–H and O–H groups in total. The number of hydrogen-bond donors (Lipinski definition) is 1. The van der Waals surface area contributed by atoms with Crippen LogP contribution in [0.25, 0.3) is 6.08 Å². The summed E-state index contributed by atoms with van der Waals surface area (Å²) in [7, 11) is 0. The van der Waals surface area contributed by atoms with Gasteiger partial charge >= 0.3 is 5.97 Å². The van der Waals surface area contributed by atoms with E-state index in [2.05, 4.69) is 84.0 Å². The van der Waals surface area contributed by atoms with Gasteiger partial charge in [-0.2, -0.15) is 0 Å². The van der Waals surface area contributed by atoms with Gasteiger partial charge in [0.15, 0.2) is 0 Å². The number of aliphatic hydroxyl groups is 1. The average molecular weight is 507 g/mol. The quantitative estimate of drug-likeness (QED) is 0.281. The minimum absolute atomic E-state index is 0.0948. The van der Waals surface area contributed by atoms with Crippen LogP contribution in [0.5, 0.6) is 5.75 Å². The van der Waals surface area contributed by atoms with E-state index in [0.717, 1.165) is 61.8 Å². The lowest BCUT2D eigenvalue weighted by molar-refractivity contribution is -0.142. The zero-order valence-corrected chi connectivity index (χ0v) is 23.7. The van der Waals surface area contributed by atoms with Crippen LogP contribution in [0, 0.1) is 13.8 Å². The van der Waals surface area contributed by atoms with Gasteiger partial charge in [-0.3, -0.25) is 4.79 Å². The van der Waals surface area contributed by atoms with Crippen LogP contribution in [-0.2, 0) is 14.9 Å². The van der Waals surface area contributed by atoms with Crippen molar-refractivity contribution in [3.63, 3.8) is 0 Å². The highest BCUT2D eigenvalue weighted by atomic mass is 16.6. The lowest BCUT2D eigenvalue weighted by atomic mass is 9.70. The molecule has 0 saturated carbocycles. The fraction of sp³-hybridized carbons (Fsp3) is 0.545. The number of aryl methyl sites for hydroxylation is 2. The number of carbonyl (C=O) groups is 1. The van der Waals surface area contributed by atoms with Gasteiger partial charge in [0.2, 0.25) is 0 Å². The Balaban J connectivity index is 1.84. The molecule has 3 rings (SSSR count). The molecule has 1 fully saturated rings. The van der Waals surface area contributed by atoms with Crippen LogP contribution in [0.2, 0.25) is 0 Å². The van der Waals surface area contributed by atoms with Crippen LogP contribution in [0.15, 0.2) is 42.5 Å². The van der Waals surface area contributed by atoms with Gasteiger partial charge in [0, 0.05) is 11.8 Å². The Morgan fingerprint density at radius 2 is 1.59 bits per heavy atom. The number of cyclic esters (lactones) is 1. The monoisotopic (exact) mass is 506 g/mol. The lowest BCUT2D eigenvalue weighted by Gasteiger charge is -2.34. The second kappa shape index (κ2) is 12.8. The zero-order chi connectivity index (χ0) is 27.1. The van der Waals surface area contributed by atoms with Crippen molar-refractivity contribution in [1.82, 2.24) is 0 Å². The number of rotatable bonds is 13. The van der Waals surface area contributed by atoms with Crippen LogP contribution in [0.1, 0.15) is 107 Å². The van der Waals surface area contributed by atoms with Gasteiger partial charge in [0.1, 0.15) is 18.5 Å². The van der Waals surface area contributed by atoms with Crippen molar-refractivity contribution in [2.45, 2.75) is 110 Å². The van der Waals surface area contributed by atoms with Crippen molar-refractivity contribution in [2.75, 3.05) is 6.61 Å². The SMILES string of the molecule is CCCC(O)(/C=C/c1ccc(C(CC)(CC)c2ccc(OC[C@@H]3CCC(=O)O3)c(C)c2)cc1C)CCC. The Bertz CT molecular complexity index is 1070. The van der Waals surface area contributed by atoms with E-state index < -0.39 is 5.60 Å². The molecule has 0 bridgehead atoms. The van der Waals surface area contributed by atoms with Crippen LogP contribution < -0.4 is 4.74 Å². The van der Waals surface area contributed by atoms with Gasteiger partial charge in [-0.15, -0.1) is 0 Å². The first-order valence-electron chi connectivity index (χ1n) is 14.2. The molecule has 2 aromatic carbocycles. The van der Waals surface area contributed by atoms with Crippen LogP contribution in [0.4, 0.5) is 0 Å². The van der Waals surface area contributed by atoms with Crippen molar-refractivity contribution in [1.29, 1.82) is 0 Å². The maximum absolute atomic E-state index is 11.4. The normalized spacial score (nSPS) is 16.4. The van der Waals surface area contributed by atoms with Gasteiger partial charge < -0.3 is 14.6 Å². The number of ether oxygens (including phenoxy) is 2. The molecule has 1 aliphatic heterocycles. The molecule has 202 valence electrons. The molecule has 0 radical (unpaired) electrons. The summed E-state index contributed by atoms with van der Waals surface area (Å²) in [5.74, 6) is 0.710. The predicted octanol–water partition coefficient (Wildman–Crippen LogP) is 7.84. The third-order valence-corrected chi connectivity index (χ3v) is 8.09. The van der Waals surface area contributed by atoms with Crippen molar-refractivity contribution >= 4 is 12.0 Å². The lowest BCUT2D eigenvalue weighted by Crippen LogP contribution is -2.26. The second-order valence-electron chi connectivity index (χ2n) is 10.7. The number of carbonyl (C=O) groups excluding carboxylic acids is 1. The van der Waals surface area contributed by atoms with E-state index in [9.17, 15) is 9.90 Å². The summed E-state index contributed by atoms with van der Waals surface area (Å²) >= 11 is 0. The Kier molecular flexibility index (Phi) is 10.0. The molecule has 37 heavy (non-hydrogen) atoms. The van der Waals surface area contributed by atoms with Gasteiger partial charge in [-0.05, 0) is 79.8 Å². The maximum Gasteiger partial charge on any atom is 0.306 e. The average Bonchev–Trinajstić information content (AvgIpc) is 3.29. The summed E-state index contributed by atoms with van der Waals surface area (Å²) in [5.41, 5.74) is 5.25. The smallest absolute Gasteiger partial charge is 0.306 e. The Hall–Kier alpha value is -2.59. The Morgan fingerprint density at radius 3 is 2.11 bits per heavy atom. The third kappa shape index (κ3) is 6.84. The summed E-state index contributed by atoms with van der Waals surface area (Å²) in [6.45, 7) is 13.4. The van der Waals surface area contributed by atoms with Gasteiger partial charge in [-0.25, -0.2) is 0 Å². The minimum atomic E-state index is -0.730. The summed E-state index contributed by atoms with van der Waals surface area (Å²) in [4.78, 5) is 11.4. The fourth-order valence-electron chi connectivity index (χ4n) is 5.79. The molecule has 0 spiro atoms. The molecule has 0 amide bonds. The standard InChI is InChI=1S/C33H46O4/c1-7-18-32(35,19-8-2)20-17-26-11-12-27(21-24(26)5)33(9-3,10-4)28-13-15-30(25(6)22-28)36-23-29-14-16-31(34)37-29/h11-13,15,17,20-22,29,35H,7-10,14,16,18-19,23H2,1-6H3/b20-17+/t29-/m0/s1. The third-order valence-electron chi connectivity index (χ3n) is 8.09. The molecule has 2 aromatic rings. The number of hydrogen-bond acceptors (Lipinski definition) is 4. The molecular formula is C33H46O4. The van der Waals surface area contributed by atoms with Crippen molar-refractivity contribution in [3.05, 3.63) is 70.3 Å². The maximum atomic E-state index is 11.4. The minimum Gasteiger partial charge on any atom is -0.489 e. The highest BCUT2D eigenvalue weighted by molar-refractivity contribution is 5.71. The van der Waals surface area contributed by atoms with E-state index in [-0.39, 0.29) is 17.5 Å². The summed E-state index contributed by atoms with van der Waals surface area (Å²) in [6.07, 6.45) is 10.6. The first-order chi connectivity index (χ1) is 17.7. The van der Waals surface area contributed by atoms with Crippen molar-refractivity contribution in [3.8, 4) is 5.75 Å². The molecule has 0 aromatic heterocycles. The molecule has 4 heteroatoms. The van der Waals surface area contributed by atoms with E-state index in [1.54, 1.807) is 0 Å². The number of esters is 1. The first-order valence-corrected chi connectivity index (χ1v) is 14.2. The molecule has 1 saturated heterocycles. The molecule has 1 heterocycles. The van der Waals surface area contributed by atoms with Crippen LogP contribution in [-0.4, -0.2) is 29.4 Å². The fourth-order valence-corrected chi connectivity index (χ4v) is 5.79. The van der Waals surface area contributed by atoms with E-state index in [1.807, 2.05) is 6.08 Å². The first kappa shape index (κ1) is 29.0. The van der Waals surface area contributed by atoms with Gasteiger partial charge in [0.25, 0.3) is 0 Å².